The van der Waals surface area contributed by atoms with Gasteiger partial charge in [-0.25, -0.2) is 4.98 Å². The molecule has 0 aromatic carbocycles. The summed E-state index contributed by atoms with van der Waals surface area (Å²) in [6, 6.07) is 6.05. The Kier molecular flexibility index (Phi) is 3.26. The average Bonchev–Trinajstić information content (AvgIpc) is 2.75. The zero-order valence-corrected chi connectivity index (χ0v) is 13.6. The van der Waals surface area contributed by atoms with E-state index in [-0.39, 0.29) is 11.5 Å². The number of aryl methyl sites for hydroxylation is 1. The molecule has 2 aromatic heterocycles. The van der Waals surface area contributed by atoms with Gasteiger partial charge < -0.3 is 9.67 Å². The van der Waals surface area contributed by atoms with Gasteiger partial charge >= 0.3 is 0 Å². The summed E-state index contributed by atoms with van der Waals surface area (Å²) < 4.78 is 3.13. The summed E-state index contributed by atoms with van der Waals surface area (Å²) in [5.74, 6) is 0.914. The van der Waals surface area contributed by atoms with Crippen molar-refractivity contribution in [3.05, 3.63) is 45.8 Å². The number of pyridine rings is 1. The maximum absolute atomic E-state index is 10.3. The van der Waals surface area contributed by atoms with Crippen LogP contribution in [0.15, 0.2) is 28.9 Å². The number of aromatic nitrogens is 2. The Hall–Kier alpha value is -1.13. The number of hydrogen-bond donors (Lipinski definition) is 1. The van der Waals surface area contributed by atoms with Crippen molar-refractivity contribution in [3.8, 4) is 5.82 Å². The Balaban J connectivity index is 2.10. The van der Waals surface area contributed by atoms with Gasteiger partial charge in [-0.3, -0.25) is 0 Å². The Morgan fingerprint density at radius 2 is 2.10 bits per heavy atom. The van der Waals surface area contributed by atoms with Gasteiger partial charge in [0.1, 0.15) is 5.82 Å². The molecule has 2 heterocycles. The molecule has 1 aliphatic rings. The third kappa shape index (κ3) is 2.31. The van der Waals surface area contributed by atoms with E-state index >= 15 is 0 Å². The first-order chi connectivity index (χ1) is 9.37. The second-order valence-electron chi connectivity index (χ2n) is 6.39. The second-order valence-corrected chi connectivity index (χ2v) is 7.24. The van der Waals surface area contributed by atoms with Crippen LogP contribution in [-0.2, 0) is 6.42 Å². The summed E-state index contributed by atoms with van der Waals surface area (Å²) in [5.41, 5.74) is 3.32. The van der Waals surface area contributed by atoms with Gasteiger partial charge in [0, 0.05) is 21.9 Å². The Morgan fingerprint density at radius 1 is 1.35 bits per heavy atom. The van der Waals surface area contributed by atoms with E-state index in [0.717, 1.165) is 34.4 Å². The van der Waals surface area contributed by atoms with E-state index in [4.69, 9.17) is 0 Å². The first-order valence-corrected chi connectivity index (χ1v) is 7.68. The molecule has 2 aromatic rings. The first kappa shape index (κ1) is 13.8. The van der Waals surface area contributed by atoms with Gasteiger partial charge in [0.05, 0.1) is 11.8 Å². The van der Waals surface area contributed by atoms with Crippen molar-refractivity contribution in [1.29, 1.82) is 0 Å². The molecule has 3 rings (SSSR count). The zero-order chi connectivity index (χ0) is 14.5. The van der Waals surface area contributed by atoms with Gasteiger partial charge in [-0.1, -0.05) is 13.8 Å². The number of fused-ring (bicyclic) bond motifs is 1. The van der Waals surface area contributed by atoms with Crippen LogP contribution in [0, 0.1) is 12.3 Å². The maximum Gasteiger partial charge on any atom is 0.137 e. The monoisotopic (exact) mass is 334 g/mol. The zero-order valence-electron chi connectivity index (χ0n) is 12.0. The predicted octanol–water partition coefficient (Wildman–Crippen LogP) is 3.95. The minimum absolute atomic E-state index is 0.118. The topological polar surface area (TPSA) is 38.0 Å². The molecule has 0 saturated carbocycles. The Morgan fingerprint density at radius 3 is 2.80 bits per heavy atom. The summed E-state index contributed by atoms with van der Waals surface area (Å²) in [6.07, 6.45) is 3.43. The predicted molar refractivity (Wildman–Crippen MR) is 83.1 cm³/mol. The number of hydrogen-bond acceptors (Lipinski definition) is 2. The molecule has 0 radical (unpaired) electrons. The van der Waals surface area contributed by atoms with Crippen molar-refractivity contribution >= 4 is 15.9 Å². The van der Waals surface area contributed by atoms with Crippen LogP contribution in [0.1, 0.15) is 43.3 Å². The highest BCUT2D eigenvalue weighted by Crippen LogP contribution is 2.41. The molecular formula is C16H19BrN2O. The highest BCUT2D eigenvalue weighted by molar-refractivity contribution is 9.10. The highest BCUT2D eigenvalue weighted by Gasteiger charge is 2.33. The number of rotatable bonds is 1. The molecule has 106 valence electrons. The summed E-state index contributed by atoms with van der Waals surface area (Å²) in [5, 5.41) is 10.3. The van der Waals surface area contributed by atoms with Gasteiger partial charge in [0.2, 0.25) is 0 Å². The van der Waals surface area contributed by atoms with E-state index in [9.17, 15) is 5.11 Å². The third-order valence-electron chi connectivity index (χ3n) is 4.03. The number of aliphatic hydroxyl groups is 1. The Bertz CT molecular complexity index is 660. The average molecular weight is 335 g/mol. The molecule has 20 heavy (non-hydrogen) atoms. The van der Waals surface area contributed by atoms with E-state index in [1.165, 1.54) is 5.69 Å². The van der Waals surface area contributed by atoms with Crippen LogP contribution in [-0.4, -0.2) is 14.7 Å². The summed E-state index contributed by atoms with van der Waals surface area (Å²) in [4.78, 5) is 4.63. The van der Waals surface area contributed by atoms with Crippen LogP contribution in [0.4, 0.5) is 0 Å². The van der Waals surface area contributed by atoms with Crippen molar-refractivity contribution in [2.75, 3.05) is 0 Å². The molecule has 0 amide bonds. The molecule has 1 atom stereocenters. The number of nitrogens with zero attached hydrogens (tertiary/aromatic N) is 2. The van der Waals surface area contributed by atoms with Crippen molar-refractivity contribution in [2.24, 2.45) is 5.41 Å². The lowest BCUT2D eigenvalue weighted by Gasteiger charge is -2.33. The molecule has 0 spiro atoms. The van der Waals surface area contributed by atoms with E-state index in [0.29, 0.717) is 0 Å². The van der Waals surface area contributed by atoms with Crippen LogP contribution in [0.5, 0.6) is 0 Å². The molecule has 1 aliphatic carbocycles. The van der Waals surface area contributed by atoms with Crippen LogP contribution in [0.2, 0.25) is 0 Å². The van der Waals surface area contributed by atoms with Crippen molar-refractivity contribution in [1.82, 2.24) is 9.55 Å². The molecule has 1 N–H and O–H groups in total. The molecule has 0 saturated heterocycles. The van der Waals surface area contributed by atoms with Crippen molar-refractivity contribution in [3.63, 3.8) is 0 Å². The fourth-order valence-corrected chi connectivity index (χ4v) is 3.23. The summed E-state index contributed by atoms with van der Waals surface area (Å²) >= 11 is 3.48. The molecule has 1 unspecified atom stereocenters. The highest BCUT2D eigenvalue weighted by atomic mass is 79.9. The number of aliphatic hydroxyl groups excluding tert-OH is 1. The van der Waals surface area contributed by atoms with Gasteiger partial charge in [-0.2, -0.15) is 0 Å². The van der Waals surface area contributed by atoms with Crippen LogP contribution >= 0.6 is 15.9 Å². The van der Waals surface area contributed by atoms with E-state index in [2.05, 4.69) is 39.3 Å². The molecular weight excluding hydrogens is 316 g/mol. The van der Waals surface area contributed by atoms with E-state index < -0.39 is 0 Å². The Labute approximate surface area is 127 Å². The van der Waals surface area contributed by atoms with Crippen molar-refractivity contribution in [2.45, 2.75) is 39.7 Å². The quantitative estimate of drug-likeness (QED) is 0.857. The van der Waals surface area contributed by atoms with E-state index in [1.807, 2.05) is 31.3 Å². The fourth-order valence-electron chi connectivity index (χ4n) is 3.01. The van der Waals surface area contributed by atoms with Gasteiger partial charge in [0.15, 0.2) is 0 Å². The lowest BCUT2D eigenvalue weighted by molar-refractivity contribution is 0.0986. The van der Waals surface area contributed by atoms with Gasteiger partial charge in [0.25, 0.3) is 0 Å². The first-order valence-electron chi connectivity index (χ1n) is 6.89. The smallest absolute Gasteiger partial charge is 0.137 e. The molecule has 4 heteroatoms. The lowest BCUT2D eigenvalue weighted by Crippen LogP contribution is -2.26. The lowest BCUT2D eigenvalue weighted by atomic mass is 9.75. The summed E-state index contributed by atoms with van der Waals surface area (Å²) in [6.45, 7) is 6.40. The van der Waals surface area contributed by atoms with E-state index in [1.54, 1.807) is 0 Å². The molecule has 0 aliphatic heterocycles. The standard InChI is InChI=1S/C16H19BrN2O/c1-10-12(17)4-5-15(18-10)19-7-6-11-13(19)8-16(2,3)9-14(11)20/h4-7,14,20H,8-9H2,1-3H3. The molecule has 3 nitrogen and oxygen atoms in total. The SMILES string of the molecule is Cc1nc(-n2ccc3c2CC(C)(C)CC3O)ccc1Br. The van der Waals surface area contributed by atoms with Gasteiger partial charge in [-0.15, -0.1) is 0 Å². The number of halogens is 1. The minimum atomic E-state index is -0.369. The largest absolute Gasteiger partial charge is 0.388 e. The second kappa shape index (κ2) is 4.71. The minimum Gasteiger partial charge on any atom is -0.388 e. The van der Waals surface area contributed by atoms with Crippen LogP contribution < -0.4 is 0 Å². The summed E-state index contributed by atoms with van der Waals surface area (Å²) in [7, 11) is 0. The molecule has 0 bridgehead atoms. The van der Waals surface area contributed by atoms with Crippen LogP contribution in [0.3, 0.4) is 0 Å². The third-order valence-corrected chi connectivity index (χ3v) is 4.87. The fraction of sp³-hybridized carbons (Fsp3) is 0.438. The van der Waals surface area contributed by atoms with Gasteiger partial charge in [-0.05, 0) is 59.3 Å². The van der Waals surface area contributed by atoms with Crippen LogP contribution in [0.25, 0.3) is 5.82 Å². The normalized spacial score (nSPS) is 20.8. The van der Waals surface area contributed by atoms with Crippen molar-refractivity contribution < 1.29 is 5.11 Å². The molecule has 0 fully saturated rings. The maximum atomic E-state index is 10.3.